The molecule has 1 amide bonds. The first kappa shape index (κ1) is 21.1. The molecule has 28 heavy (non-hydrogen) atoms. The fourth-order valence-electron chi connectivity index (χ4n) is 3.30. The van der Waals surface area contributed by atoms with Gasteiger partial charge < -0.3 is 15.0 Å². The van der Waals surface area contributed by atoms with Crippen molar-refractivity contribution in [3.8, 4) is 11.1 Å². The molecule has 2 aromatic rings. The Morgan fingerprint density at radius 2 is 1.82 bits per heavy atom. The van der Waals surface area contributed by atoms with Crippen LogP contribution in [0.5, 0.6) is 0 Å². The number of hydrogen-bond donors (Lipinski definition) is 1. The first-order valence-electron chi connectivity index (χ1n) is 9.17. The predicted molar refractivity (Wildman–Crippen MR) is 114 cm³/mol. The van der Waals surface area contributed by atoms with Gasteiger partial charge in [0.15, 0.2) is 0 Å². The van der Waals surface area contributed by atoms with E-state index in [4.69, 9.17) is 27.9 Å². The SMILES string of the molecule is COC(=O)c1cc(C(=O)NCCN2CCCCC2)cc(-c2cc(Cl)sc2Cl)c1. The van der Waals surface area contributed by atoms with E-state index in [1.807, 2.05) is 0 Å². The lowest BCUT2D eigenvalue weighted by Crippen LogP contribution is -2.37. The van der Waals surface area contributed by atoms with Crippen LogP contribution in [0.1, 0.15) is 40.0 Å². The molecule has 150 valence electrons. The van der Waals surface area contributed by atoms with Crippen LogP contribution >= 0.6 is 34.5 Å². The van der Waals surface area contributed by atoms with Gasteiger partial charge in [0, 0.05) is 24.2 Å². The van der Waals surface area contributed by atoms with Crippen molar-refractivity contribution in [2.24, 2.45) is 0 Å². The number of nitrogens with one attached hydrogen (secondary N) is 1. The fourth-order valence-corrected chi connectivity index (χ4v) is 4.81. The van der Waals surface area contributed by atoms with Crippen LogP contribution in [0.3, 0.4) is 0 Å². The molecule has 5 nitrogen and oxygen atoms in total. The summed E-state index contributed by atoms with van der Waals surface area (Å²) in [6.07, 6.45) is 3.70. The summed E-state index contributed by atoms with van der Waals surface area (Å²) in [5.41, 5.74) is 2.01. The highest BCUT2D eigenvalue weighted by Gasteiger charge is 2.17. The Kier molecular flexibility index (Phi) is 7.35. The molecule has 1 fully saturated rings. The molecule has 1 aliphatic rings. The number of methoxy groups -OCH3 is 1. The highest BCUT2D eigenvalue weighted by atomic mass is 35.5. The van der Waals surface area contributed by atoms with E-state index in [0.717, 1.165) is 19.6 Å². The molecule has 0 saturated carbocycles. The molecule has 8 heteroatoms. The lowest BCUT2D eigenvalue weighted by molar-refractivity contribution is 0.0601. The summed E-state index contributed by atoms with van der Waals surface area (Å²) in [6, 6.07) is 6.63. The minimum absolute atomic E-state index is 0.235. The van der Waals surface area contributed by atoms with Gasteiger partial charge in [0.2, 0.25) is 0 Å². The van der Waals surface area contributed by atoms with Crippen LogP contribution in [-0.2, 0) is 4.74 Å². The Morgan fingerprint density at radius 3 is 2.46 bits per heavy atom. The van der Waals surface area contributed by atoms with Gasteiger partial charge in [-0.1, -0.05) is 29.6 Å². The number of benzene rings is 1. The summed E-state index contributed by atoms with van der Waals surface area (Å²) in [5.74, 6) is -0.747. The summed E-state index contributed by atoms with van der Waals surface area (Å²) < 4.78 is 5.87. The van der Waals surface area contributed by atoms with Gasteiger partial charge in [-0.25, -0.2) is 4.79 Å². The number of likely N-dealkylation sites (tertiary alicyclic amines) is 1. The number of thiophene rings is 1. The Morgan fingerprint density at radius 1 is 1.11 bits per heavy atom. The van der Waals surface area contributed by atoms with E-state index in [9.17, 15) is 9.59 Å². The second-order valence-electron chi connectivity index (χ2n) is 6.69. The zero-order valence-electron chi connectivity index (χ0n) is 15.6. The summed E-state index contributed by atoms with van der Waals surface area (Å²) >= 11 is 13.5. The molecule has 0 unspecified atom stereocenters. The van der Waals surface area contributed by atoms with Crippen molar-refractivity contribution >= 4 is 46.4 Å². The minimum Gasteiger partial charge on any atom is -0.465 e. The molecule has 0 atom stereocenters. The van der Waals surface area contributed by atoms with Crippen molar-refractivity contribution in [3.05, 3.63) is 44.1 Å². The van der Waals surface area contributed by atoms with Crippen LogP contribution in [0.15, 0.2) is 24.3 Å². The second-order valence-corrected chi connectivity index (χ2v) is 8.97. The largest absolute Gasteiger partial charge is 0.465 e. The van der Waals surface area contributed by atoms with Crippen LogP contribution in [0.4, 0.5) is 0 Å². The topological polar surface area (TPSA) is 58.6 Å². The first-order valence-corrected chi connectivity index (χ1v) is 10.7. The number of amides is 1. The van der Waals surface area contributed by atoms with Gasteiger partial charge >= 0.3 is 5.97 Å². The summed E-state index contributed by atoms with van der Waals surface area (Å²) in [5, 5.41) is 2.94. The number of hydrogen-bond acceptors (Lipinski definition) is 5. The number of nitrogens with zero attached hydrogens (tertiary/aromatic N) is 1. The van der Waals surface area contributed by atoms with E-state index >= 15 is 0 Å². The van der Waals surface area contributed by atoms with E-state index in [0.29, 0.717) is 37.5 Å². The third kappa shape index (κ3) is 5.26. The van der Waals surface area contributed by atoms with E-state index in [1.165, 1.54) is 43.8 Å². The molecule has 0 bridgehead atoms. The molecular formula is C20H22Cl2N2O3S. The van der Waals surface area contributed by atoms with Gasteiger partial charge in [0.05, 0.1) is 17.0 Å². The Hall–Kier alpha value is -1.60. The minimum atomic E-state index is -0.512. The molecule has 1 aromatic carbocycles. The van der Waals surface area contributed by atoms with Gasteiger partial charge in [0.1, 0.15) is 4.34 Å². The maximum absolute atomic E-state index is 12.7. The van der Waals surface area contributed by atoms with Crippen LogP contribution < -0.4 is 5.32 Å². The maximum Gasteiger partial charge on any atom is 0.337 e. The van der Waals surface area contributed by atoms with Gasteiger partial charge in [-0.2, -0.15) is 0 Å². The number of carbonyl (C=O) groups excluding carboxylic acids is 2. The van der Waals surface area contributed by atoms with Crippen LogP contribution in [-0.4, -0.2) is 50.1 Å². The van der Waals surface area contributed by atoms with E-state index < -0.39 is 5.97 Å². The molecule has 0 aliphatic carbocycles. The Balaban J connectivity index is 1.78. The molecular weight excluding hydrogens is 419 g/mol. The van der Waals surface area contributed by atoms with Gasteiger partial charge in [-0.3, -0.25) is 4.79 Å². The van der Waals surface area contributed by atoms with Gasteiger partial charge in [0.25, 0.3) is 5.91 Å². The molecule has 1 aromatic heterocycles. The Labute approximate surface area is 178 Å². The fraction of sp³-hybridized carbons (Fsp3) is 0.400. The lowest BCUT2D eigenvalue weighted by Gasteiger charge is -2.26. The molecule has 1 saturated heterocycles. The summed E-state index contributed by atoms with van der Waals surface area (Å²) in [7, 11) is 1.31. The number of ether oxygens (including phenoxy) is 1. The predicted octanol–water partition coefficient (Wildman–Crippen LogP) is 4.72. The second kappa shape index (κ2) is 9.74. The van der Waals surface area contributed by atoms with Crippen LogP contribution in [0.2, 0.25) is 8.67 Å². The standard InChI is InChI=1S/C20H22Cl2N2O3S/c1-27-20(26)15-10-13(16-12-17(21)28-18(16)22)9-14(11-15)19(25)23-5-8-24-6-3-2-4-7-24/h9-12H,2-8H2,1H3,(H,23,25). The normalized spacial score (nSPS) is 14.7. The summed E-state index contributed by atoms with van der Waals surface area (Å²) in [4.78, 5) is 27.1. The van der Waals surface area contributed by atoms with Crippen molar-refractivity contribution in [2.75, 3.05) is 33.3 Å². The van der Waals surface area contributed by atoms with Crippen LogP contribution in [0.25, 0.3) is 11.1 Å². The highest BCUT2D eigenvalue weighted by molar-refractivity contribution is 7.20. The number of halogens is 2. The average molecular weight is 441 g/mol. The van der Waals surface area contributed by atoms with E-state index in [1.54, 1.807) is 18.2 Å². The van der Waals surface area contributed by atoms with Crippen molar-refractivity contribution in [1.29, 1.82) is 0 Å². The van der Waals surface area contributed by atoms with E-state index in [-0.39, 0.29) is 5.91 Å². The summed E-state index contributed by atoms with van der Waals surface area (Å²) in [6.45, 7) is 3.54. The van der Waals surface area contributed by atoms with Crippen molar-refractivity contribution in [1.82, 2.24) is 10.2 Å². The third-order valence-electron chi connectivity index (χ3n) is 4.75. The molecule has 1 aliphatic heterocycles. The first-order chi connectivity index (χ1) is 13.5. The number of piperidine rings is 1. The van der Waals surface area contributed by atoms with Gasteiger partial charge in [-0.15, -0.1) is 11.3 Å². The Bertz CT molecular complexity index is 863. The van der Waals surface area contributed by atoms with Crippen molar-refractivity contribution < 1.29 is 14.3 Å². The maximum atomic E-state index is 12.7. The van der Waals surface area contributed by atoms with Gasteiger partial charge in [-0.05, 0) is 55.8 Å². The monoisotopic (exact) mass is 440 g/mol. The zero-order valence-corrected chi connectivity index (χ0v) is 17.9. The van der Waals surface area contributed by atoms with E-state index in [2.05, 4.69) is 10.2 Å². The molecule has 1 N–H and O–H groups in total. The number of carbonyl (C=O) groups is 2. The quantitative estimate of drug-likeness (QED) is 0.659. The number of rotatable bonds is 6. The molecule has 3 rings (SSSR count). The molecule has 0 spiro atoms. The van der Waals surface area contributed by atoms with Crippen LogP contribution in [0, 0.1) is 0 Å². The average Bonchev–Trinajstić information content (AvgIpc) is 3.05. The molecule has 0 radical (unpaired) electrons. The molecule has 2 heterocycles. The zero-order chi connectivity index (χ0) is 20.1. The van der Waals surface area contributed by atoms with Crippen molar-refractivity contribution in [3.63, 3.8) is 0 Å². The highest BCUT2D eigenvalue weighted by Crippen LogP contribution is 2.38. The lowest BCUT2D eigenvalue weighted by atomic mass is 10.0. The third-order valence-corrected chi connectivity index (χ3v) is 6.23. The van der Waals surface area contributed by atoms with Crippen molar-refractivity contribution in [2.45, 2.75) is 19.3 Å². The smallest absolute Gasteiger partial charge is 0.337 e. The number of esters is 1.